The number of hydrogen-bond acceptors (Lipinski definition) is 2. The van der Waals surface area contributed by atoms with Crippen LogP contribution in [0.3, 0.4) is 0 Å². The number of pyridine rings is 1. The molecule has 5 nitrogen and oxygen atoms in total. The summed E-state index contributed by atoms with van der Waals surface area (Å²) in [5.41, 5.74) is 11.3. The SMILES string of the molecule is C=CCC(C=C)c1ccc(C(N=Cc2cccc(-c3cccnc3)c2)=NC(=N)c2ccc(-c3ccc4c(c3)c3ccccc3n4-c3ccccc3)cc2)cc1. The number of fused-ring (bicyclic) bond motifs is 3. The largest absolute Gasteiger partial charge is 0.309 e. The van der Waals surface area contributed by atoms with Gasteiger partial charge in [-0.1, -0.05) is 127 Å². The molecular formula is C50H39N5. The lowest BCUT2D eigenvalue weighted by Gasteiger charge is -2.11. The molecule has 0 bridgehead atoms. The zero-order valence-electron chi connectivity index (χ0n) is 30.4. The maximum Gasteiger partial charge on any atom is 0.161 e. The summed E-state index contributed by atoms with van der Waals surface area (Å²) >= 11 is 0. The van der Waals surface area contributed by atoms with E-state index in [1.165, 1.54) is 16.3 Å². The minimum Gasteiger partial charge on any atom is -0.309 e. The first-order valence-corrected chi connectivity index (χ1v) is 18.3. The fraction of sp³-hybridized carbons (Fsp3) is 0.0400. The van der Waals surface area contributed by atoms with E-state index in [1.54, 1.807) is 12.4 Å². The third-order valence-corrected chi connectivity index (χ3v) is 9.92. The molecule has 264 valence electrons. The highest BCUT2D eigenvalue weighted by Gasteiger charge is 2.14. The molecule has 2 heterocycles. The summed E-state index contributed by atoms with van der Waals surface area (Å²) in [7, 11) is 0. The van der Waals surface area contributed by atoms with Crippen LogP contribution in [0.25, 0.3) is 49.7 Å². The molecule has 6 aromatic carbocycles. The molecule has 8 aromatic rings. The van der Waals surface area contributed by atoms with E-state index in [0.717, 1.165) is 56.6 Å². The van der Waals surface area contributed by atoms with Crippen molar-refractivity contribution in [2.75, 3.05) is 0 Å². The Labute approximate surface area is 321 Å². The van der Waals surface area contributed by atoms with Gasteiger partial charge in [0.05, 0.1) is 11.0 Å². The number of aromatic nitrogens is 2. The molecule has 0 aliphatic heterocycles. The fourth-order valence-electron chi connectivity index (χ4n) is 7.06. The van der Waals surface area contributed by atoms with E-state index in [2.05, 4.69) is 126 Å². The van der Waals surface area contributed by atoms with Crippen LogP contribution < -0.4 is 0 Å². The van der Waals surface area contributed by atoms with Crippen molar-refractivity contribution in [2.24, 2.45) is 9.98 Å². The molecule has 0 amide bonds. The van der Waals surface area contributed by atoms with Crippen LogP contribution in [0.15, 0.2) is 205 Å². The Morgan fingerprint density at radius 3 is 2.13 bits per heavy atom. The van der Waals surface area contributed by atoms with E-state index in [9.17, 15) is 0 Å². The smallest absolute Gasteiger partial charge is 0.161 e. The first-order valence-electron chi connectivity index (χ1n) is 18.3. The van der Waals surface area contributed by atoms with Gasteiger partial charge in [0, 0.05) is 57.7 Å². The summed E-state index contributed by atoms with van der Waals surface area (Å²) in [6.07, 6.45) is 10.1. The molecule has 55 heavy (non-hydrogen) atoms. The maximum atomic E-state index is 9.10. The van der Waals surface area contributed by atoms with Crippen LogP contribution in [0, 0.1) is 5.41 Å². The molecule has 0 aliphatic rings. The van der Waals surface area contributed by atoms with E-state index in [1.807, 2.05) is 72.9 Å². The first-order chi connectivity index (χ1) is 27.1. The zero-order valence-corrected chi connectivity index (χ0v) is 30.4. The second-order valence-electron chi connectivity index (χ2n) is 13.4. The Kier molecular flexibility index (Phi) is 9.99. The molecule has 8 rings (SSSR count). The van der Waals surface area contributed by atoms with Gasteiger partial charge in [-0.15, -0.1) is 13.2 Å². The van der Waals surface area contributed by atoms with Crippen molar-refractivity contribution in [3.05, 3.63) is 218 Å². The van der Waals surface area contributed by atoms with Crippen LogP contribution in [0.2, 0.25) is 0 Å². The number of benzene rings is 6. The molecule has 5 heteroatoms. The van der Waals surface area contributed by atoms with Gasteiger partial charge in [0.25, 0.3) is 0 Å². The summed E-state index contributed by atoms with van der Waals surface area (Å²) in [6.45, 7) is 7.92. The lowest BCUT2D eigenvalue weighted by Crippen LogP contribution is -2.05. The highest BCUT2D eigenvalue weighted by atomic mass is 15.0. The number of para-hydroxylation sites is 2. The third-order valence-electron chi connectivity index (χ3n) is 9.92. The van der Waals surface area contributed by atoms with Crippen LogP contribution in [-0.2, 0) is 0 Å². The van der Waals surface area contributed by atoms with E-state index in [0.29, 0.717) is 11.4 Å². The number of hydrogen-bond donors (Lipinski definition) is 1. The summed E-state index contributed by atoms with van der Waals surface area (Å²) in [4.78, 5) is 13.9. The topological polar surface area (TPSA) is 66.4 Å². The fourth-order valence-corrected chi connectivity index (χ4v) is 7.06. The average Bonchev–Trinajstić information content (AvgIpc) is 3.59. The molecule has 2 aromatic heterocycles. The van der Waals surface area contributed by atoms with Crippen molar-refractivity contribution >= 4 is 39.7 Å². The summed E-state index contributed by atoms with van der Waals surface area (Å²) in [5, 5.41) is 11.5. The number of allylic oxidation sites excluding steroid dienone is 2. The highest BCUT2D eigenvalue weighted by Crippen LogP contribution is 2.35. The van der Waals surface area contributed by atoms with E-state index >= 15 is 0 Å². The van der Waals surface area contributed by atoms with Gasteiger partial charge < -0.3 is 4.57 Å². The molecule has 0 fully saturated rings. The number of nitrogens with one attached hydrogen (secondary N) is 1. The average molecular weight is 710 g/mol. The molecule has 1 N–H and O–H groups in total. The quantitative estimate of drug-likeness (QED) is 0.0857. The zero-order chi connectivity index (χ0) is 37.6. The predicted octanol–water partition coefficient (Wildman–Crippen LogP) is 12.2. The lowest BCUT2D eigenvalue weighted by atomic mass is 9.95. The van der Waals surface area contributed by atoms with E-state index in [-0.39, 0.29) is 11.8 Å². The third kappa shape index (κ3) is 7.37. The van der Waals surface area contributed by atoms with Gasteiger partial charge in [0.1, 0.15) is 0 Å². The van der Waals surface area contributed by atoms with Gasteiger partial charge in [0.15, 0.2) is 11.7 Å². The summed E-state index contributed by atoms with van der Waals surface area (Å²) in [6, 6.07) is 54.0. The van der Waals surface area contributed by atoms with Crippen LogP contribution in [0.5, 0.6) is 0 Å². The molecule has 0 radical (unpaired) electrons. The Morgan fingerprint density at radius 2 is 1.36 bits per heavy atom. The molecular weight excluding hydrogens is 671 g/mol. The van der Waals surface area contributed by atoms with Crippen molar-refractivity contribution in [3.63, 3.8) is 0 Å². The predicted molar refractivity (Wildman–Crippen MR) is 231 cm³/mol. The second-order valence-corrected chi connectivity index (χ2v) is 13.4. The standard InChI is InChI=1S/C50H39N5/c1-3-12-36(4-2)37-22-26-40(27-23-37)50(53-33-35-13-10-14-41(31-35)43-15-11-30-52-34-43)54-49(51)39-24-20-38(21-25-39)42-28-29-48-46(32-42)45-18-8-9-19-47(45)55(48)44-16-6-5-7-17-44/h3-11,13-34,36,51H,1-2,12H2. The highest BCUT2D eigenvalue weighted by molar-refractivity contribution is 6.14. The van der Waals surface area contributed by atoms with Crippen molar-refractivity contribution < 1.29 is 0 Å². The summed E-state index contributed by atoms with van der Waals surface area (Å²) in [5.74, 6) is 0.751. The number of nitrogens with zero attached hydrogens (tertiary/aromatic N) is 4. The van der Waals surface area contributed by atoms with Crippen LogP contribution in [0.1, 0.15) is 34.6 Å². The van der Waals surface area contributed by atoms with Gasteiger partial charge >= 0.3 is 0 Å². The van der Waals surface area contributed by atoms with Crippen LogP contribution >= 0.6 is 0 Å². The van der Waals surface area contributed by atoms with Crippen molar-refractivity contribution in [3.8, 4) is 27.9 Å². The number of rotatable bonds is 10. The summed E-state index contributed by atoms with van der Waals surface area (Å²) < 4.78 is 2.32. The second kappa shape index (κ2) is 15.8. The van der Waals surface area contributed by atoms with Crippen molar-refractivity contribution in [1.29, 1.82) is 5.41 Å². The van der Waals surface area contributed by atoms with Gasteiger partial charge in [0.2, 0.25) is 0 Å². The monoisotopic (exact) mass is 709 g/mol. The van der Waals surface area contributed by atoms with Crippen molar-refractivity contribution in [1.82, 2.24) is 9.55 Å². The van der Waals surface area contributed by atoms with Crippen LogP contribution in [-0.4, -0.2) is 27.4 Å². The lowest BCUT2D eigenvalue weighted by molar-refractivity contribution is 0.867. The Hall–Kier alpha value is -7.24. The van der Waals surface area contributed by atoms with E-state index < -0.39 is 0 Å². The molecule has 0 saturated carbocycles. The maximum absolute atomic E-state index is 9.10. The molecule has 0 aliphatic carbocycles. The molecule has 1 unspecified atom stereocenters. The molecule has 0 spiro atoms. The van der Waals surface area contributed by atoms with Crippen molar-refractivity contribution in [2.45, 2.75) is 12.3 Å². The van der Waals surface area contributed by atoms with Gasteiger partial charge in [-0.3, -0.25) is 10.4 Å². The Morgan fingerprint density at radius 1 is 0.655 bits per heavy atom. The minimum absolute atomic E-state index is 0.129. The normalized spacial score (nSPS) is 12.3. The van der Waals surface area contributed by atoms with Crippen LogP contribution in [0.4, 0.5) is 0 Å². The van der Waals surface area contributed by atoms with Gasteiger partial charge in [-0.25, -0.2) is 9.98 Å². The number of amidine groups is 2. The minimum atomic E-state index is 0.129. The van der Waals surface area contributed by atoms with E-state index in [4.69, 9.17) is 15.4 Å². The first kappa shape index (κ1) is 34.8. The number of aliphatic imine (C=N–C) groups is 2. The van der Waals surface area contributed by atoms with Gasteiger partial charge in [-0.05, 0) is 76.7 Å². The molecule has 1 atom stereocenters. The Balaban J connectivity index is 1.11. The van der Waals surface area contributed by atoms with Gasteiger partial charge in [-0.2, -0.15) is 0 Å². The Bertz CT molecular complexity index is 2700. The molecule has 0 saturated heterocycles.